The van der Waals surface area contributed by atoms with E-state index in [4.69, 9.17) is 5.11 Å². The van der Waals surface area contributed by atoms with Crippen LogP contribution in [0.2, 0.25) is 0 Å². The highest BCUT2D eigenvalue weighted by atomic mass is 16.4. The molecular weight excluding hydrogens is 250 g/mol. The molecule has 0 aliphatic carbocycles. The van der Waals surface area contributed by atoms with Crippen molar-refractivity contribution in [2.45, 2.75) is 25.7 Å². The number of fused-ring (bicyclic) bond motifs is 2. The zero-order valence-electron chi connectivity index (χ0n) is 11.2. The van der Waals surface area contributed by atoms with Crippen molar-refractivity contribution in [3.8, 4) is 0 Å². The van der Waals surface area contributed by atoms with Crippen molar-refractivity contribution in [1.82, 2.24) is 0 Å². The van der Waals surface area contributed by atoms with E-state index in [1.807, 2.05) is 12.1 Å². The lowest BCUT2D eigenvalue weighted by Crippen LogP contribution is -1.99. The van der Waals surface area contributed by atoms with Crippen molar-refractivity contribution in [1.29, 1.82) is 0 Å². The maximum absolute atomic E-state index is 10.7. The Kier molecular flexibility index (Phi) is 3.42. The molecule has 0 radical (unpaired) electrons. The molecule has 0 atom stereocenters. The molecule has 0 spiro atoms. The highest BCUT2D eigenvalue weighted by molar-refractivity contribution is 5.69. The molecule has 0 fully saturated rings. The van der Waals surface area contributed by atoms with Gasteiger partial charge in [0.2, 0.25) is 0 Å². The zero-order chi connectivity index (χ0) is 13.9. The first-order valence-corrected chi connectivity index (χ1v) is 6.91. The predicted molar refractivity (Wildman–Crippen MR) is 79.5 cm³/mol. The van der Waals surface area contributed by atoms with Gasteiger partial charge in [0.15, 0.2) is 0 Å². The first-order valence-electron chi connectivity index (χ1n) is 6.91. The number of hydrogen-bond donors (Lipinski definition) is 2. The molecule has 1 heterocycles. The molecule has 2 aromatic rings. The van der Waals surface area contributed by atoms with Gasteiger partial charge in [-0.2, -0.15) is 0 Å². The smallest absolute Gasteiger partial charge is 0.303 e. The Labute approximate surface area is 118 Å². The average molecular weight is 267 g/mol. The van der Waals surface area contributed by atoms with E-state index in [9.17, 15) is 4.79 Å². The number of carboxylic acids is 1. The molecule has 20 heavy (non-hydrogen) atoms. The largest absolute Gasteiger partial charge is 0.481 e. The van der Waals surface area contributed by atoms with E-state index in [-0.39, 0.29) is 6.42 Å². The fourth-order valence-electron chi connectivity index (χ4n) is 2.66. The van der Waals surface area contributed by atoms with Crippen LogP contribution >= 0.6 is 0 Å². The molecule has 2 N–H and O–H groups in total. The summed E-state index contributed by atoms with van der Waals surface area (Å²) in [4.78, 5) is 10.7. The molecule has 0 saturated heterocycles. The third-order valence-electron chi connectivity index (χ3n) is 3.75. The molecule has 1 aliphatic rings. The van der Waals surface area contributed by atoms with Crippen LogP contribution in [0.15, 0.2) is 42.5 Å². The van der Waals surface area contributed by atoms with Gasteiger partial charge in [-0.15, -0.1) is 0 Å². The summed E-state index contributed by atoms with van der Waals surface area (Å²) in [7, 11) is 0. The molecule has 3 heteroatoms. The Morgan fingerprint density at radius 2 is 1.80 bits per heavy atom. The fraction of sp³-hybridized carbons (Fsp3) is 0.235. The van der Waals surface area contributed by atoms with Gasteiger partial charge in [0.1, 0.15) is 0 Å². The second-order valence-corrected chi connectivity index (χ2v) is 5.17. The van der Waals surface area contributed by atoms with Gasteiger partial charge in [0.05, 0.1) is 0 Å². The number of nitrogens with one attached hydrogen (secondary N) is 1. The maximum Gasteiger partial charge on any atom is 0.303 e. The Balaban J connectivity index is 1.85. The lowest BCUT2D eigenvalue weighted by Gasteiger charge is -2.10. The van der Waals surface area contributed by atoms with Crippen molar-refractivity contribution in [2.24, 2.45) is 0 Å². The van der Waals surface area contributed by atoms with Crippen molar-refractivity contribution >= 4 is 17.3 Å². The number of carbonyl (C=O) groups is 1. The normalized spacial score (nSPS) is 12.8. The van der Waals surface area contributed by atoms with Crippen LogP contribution in [0, 0.1) is 0 Å². The Bertz CT molecular complexity index is 649. The average Bonchev–Trinajstić information content (AvgIpc) is 2.63. The van der Waals surface area contributed by atoms with Gasteiger partial charge >= 0.3 is 5.97 Å². The van der Waals surface area contributed by atoms with Crippen molar-refractivity contribution < 1.29 is 9.90 Å². The summed E-state index contributed by atoms with van der Waals surface area (Å²) in [6, 6.07) is 14.6. The highest BCUT2D eigenvalue weighted by Gasteiger charge is 2.12. The lowest BCUT2D eigenvalue weighted by molar-refractivity contribution is -0.136. The summed E-state index contributed by atoms with van der Waals surface area (Å²) in [5, 5.41) is 12.2. The molecule has 102 valence electrons. The van der Waals surface area contributed by atoms with E-state index >= 15 is 0 Å². The second kappa shape index (κ2) is 5.37. The molecule has 0 bridgehead atoms. The van der Waals surface area contributed by atoms with Gasteiger partial charge in [-0.05, 0) is 48.1 Å². The number of carboxylic acid groups (broad SMARTS) is 1. The summed E-state index contributed by atoms with van der Waals surface area (Å²) < 4.78 is 0. The van der Waals surface area contributed by atoms with E-state index in [1.54, 1.807) is 0 Å². The number of benzene rings is 2. The van der Waals surface area contributed by atoms with E-state index in [1.165, 1.54) is 16.8 Å². The third-order valence-corrected chi connectivity index (χ3v) is 3.75. The van der Waals surface area contributed by atoms with Gasteiger partial charge in [-0.1, -0.05) is 30.3 Å². The van der Waals surface area contributed by atoms with Crippen LogP contribution in [0.25, 0.3) is 0 Å². The van der Waals surface area contributed by atoms with Crippen LogP contribution in [-0.2, 0) is 24.1 Å². The highest BCUT2D eigenvalue weighted by Crippen LogP contribution is 2.30. The molecule has 2 aromatic carbocycles. The van der Waals surface area contributed by atoms with Crippen LogP contribution in [0.4, 0.5) is 11.4 Å². The number of hydrogen-bond acceptors (Lipinski definition) is 2. The third kappa shape index (κ3) is 2.67. The minimum atomic E-state index is -0.745. The van der Waals surface area contributed by atoms with E-state index in [0.29, 0.717) is 6.42 Å². The summed E-state index contributed by atoms with van der Waals surface area (Å²) in [5.41, 5.74) is 6.00. The van der Waals surface area contributed by atoms with Gasteiger partial charge in [0.25, 0.3) is 0 Å². The lowest BCUT2D eigenvalue weighted by atomic mass is 10.0. The van der Waals surface area contributed by atoms with Crippen molar-refractivity contribution in [3.63, 3.8) is 0 Å². The zero-order valence-corrected chi connectivity index (χ0v) is 11.2. The van der Waals surface area contributed by atoms with Gasteiger partial charge in [0, 0.05) is 17.8 Å². The van der Waals surface area contributed by atoms with Gasteiger partial charge in [-0.3, -0.25) is 4.79 Å². The minimum Gasteiger partial charge on any atom is -0.481 e. The summed E-state index contributed by atoms with van der Waals surface area (Å²) >= 11 is 0. The SMILES string of the molecule is O=C(O)CCc1ccc2c(c1)CCc1ccccc1N2. The van der Waals surface area contributed by atoms with Crippen LogP contribution in [0.5, 0.6) is 0 Å². The Hall–Kier alpha value is -2.29. The summed E-state index contributed by atoms with van der Waals surface area (Å²) in [5.74, 6) is -0.745. The van der Waals surface area contributed by atoms with Crippen molar-refractivity contribution in [3.05, 3.63) is 59.2 Å². The molecule has 0 amide bonds. The van der Waals surface area contributed by atoms with E-state index in [0.717, 1.165) is 24.1 Å². The van der Waals surface area contributed by atoms with Gasteiger partial charge in [-0.25, -0.2) is 0 Å². The quantitative estimate of drug-likeness (QED) is 0.894. The molecule has 0 saturated carbocycles. The van der Waals surface area contributed by atoms with Crippen molar-refractivity contribution in [2.75, 3.05) is 5.32 Å². The second-order valence-electron chi connectivity index (χ2n) is 5.17. The van der Waals surface area contributed by atoms with E-state index < -0.39 is 5.97 Å². The molecular formula is C17H17NO2. The van der Waals surface area contributed by atoms with Crippen LogP contribution < -0.4 is 5.32 Å². The first kappa shape index (κ1) is 12.7. The topological polar surface area (TPSA) is 49.3 Å². The van der Waals surface area contributed by atoms with Crippen LogP contribution in [-0.4, -0.2) is 11.1 Å². The van der Waals surface area contributed by atoms with Gasteiger partial charge < -0.3 is 10.4 Å². The first-order chi connectivity index (χ1) is 9.72. The molecule has 1 aliphatic heterocycles. The minimum absolute atomic E-state index is 0.187. The molecule has 3 rings (SSSR count). The number of anilines is 2. The molecule has 0 aromatic heterocycles. The summed E-state index contributed by atoms with van der Waals surface area (Å²) in [6.07, 6.45) is 2.78. The van der Waals surface area contributed by atoms with E-state index in [2.05, 4.69) is 35.6 Å². The predicted octanol–water partition coefficient (Wildman–Crippen LogP) is 3.55. The standard InChI is InChI=1S/C17H17NO2/c19-17(20)10-6-12-5-9-16-14(11-12)8-7-13-3-1-2-4-15(13)18-16/h1-5,9,11,18H,6-8,10H2,(H,19,20). The van der Waals surface area contributed by atoms with Crippen LogP contribution in [0.1, 0.15) is 23.1 Å². The number of aryl methyl sites for hydroxylation is 3. The van der Waals surface area contributed by atoms with Crippen LogP contribution in [0.3, 0.4) is 0 Å². The number of rotatable bonds is 3. The number of para-hydroxylation sites is 1. The Morgan fingerprint density at radius 3 is 2.65 bits per heavy atom. The fourth-order valence-corrected chi connectivity index (χ4v) is 2.66. The molecule has 3 nitrogen and oxygen atoms in total. The monoisotopic (exact) mass is 267 g/mol. The Morgan fingerprint density at radius 1 is 1.05 bits per heavy atom. The maximum atomic E-state index is 10.7. The number of aliphatic carboxylic acids is 1. The summed E-state index contributed by atoms with van der Waals surface area (Å²) in [6.45, 7) is 0. The molecule has 0 unspecified atom stereocenters.